The molecule has 2 aromatic rings. The average Bonchev–Trinajstić information content (AvgIpc) is 3.18. The fourth-order valence-electron chi connectivity index (χ4n) is 3.41. The molecule has 178 valence electrons. The maximum atomic E-state index is 13.1. The van der Waals surface area contributed by atoms with Crippen LogP contribution in [0.1, 0.15) is 35.7 Å². The summed E-state index contributed by atoms with van der Waals surface area (Å²) in [6, 6.07) is 7.88. The van der Waals surface area contributed by atoms with Gasteiger partial charge in [-0.25, -0.2) is 4.39 Å². The molecule has 1 atom stereocenters. The number of hydrogen-bond acceptors (Lipinski definition) is 6. The molecular formula is C20H22F4N6O3. The molecule has 0 bridgehead atoms. The predicted octanol–water partition coefficient (Wildman–Crippen LogP) is 0.591. The quantitative estimate of drug-likeness (QED) is 0.525. The molecule has 0 radical (unpaired) electrons. The molecule has 0 saturated carbocycles. The number of quaternary nitrogens is 1. The Morgan fingerprint density at radius 2 is 1.88 bits per heavy atom. The molecular weight excluding hydrogens is 448 g/mol. The van der Waals surface area contributed by atoms with Gasteiger partial charge in [0.15, 0.2) is 5.82 Å². The number of benzene rings is 1. The normalized spacial score (nSPS) is 15.0. The van der Waals surface area contributed by atoms with Crippen LogP contribution < -0.4 is 21.5 Å². The van der Waals surface area contributed by atoms with Crippen molar-refractivity contribution < 1.29 is 37.6 Å². The van der Waals surface area contributed by atoms with E-state index in [1.165, 1.54) is 12.1 Å². The van der Waals surface area contributed by atoms with Crippen LogP contribution >= 0.6 is 0 Å². The Kier molecular flexibility index (Phi) is 8.75. The van der Waals surface area contributed by atoms with E-state index >= 15 is 0 Å². The fraction of sp³-hybridized carbons (Fsp3) is 0.400. The summed E-state index contributed by atoms with van der Waals surface area (Å²) < 4.78 is 46.3. The second kappa shape index (κ2) is 11.3. The molecule has 1 saturated heterocycles. The van der Waals surface area contributed by atoms with Crippen molar-refractivity contribution in [2.45, 2.75) is 31.5 Å². The van der Waals surface area contributed by atoms with Crippen molar-refractivity contribution in [1.82, 2.24) is 9.78 Å². The van der Waals surface area contributed by atoms with Crippen LogP contribution in [0.2, 0.25) is 0 Å². The number of amides is 1. The first-order valence-electron chi connectivity index (χ1n) is 9.91. The maximum absolute atomic E-state index is 13.1. The zero-order valence-electron chi connectivity index (χ0n) is 17.3. The minimum Gasteiger partial charge on any atom is -0.542 e. The van der Waals surface area contributed by atoms with E-state index in [2.05, 4.69) is 21.8 Å². The lowest BCUT2D eigenvalue weighted by atomic mass is 9.89. The van der Waals surface area contributed by atoms with E-state index in [1.807, 2.05) is 0 Å². The first-order valence-corrected chi connectivity index (χ1v) is 9.91. The zero-order chi connectivity index (χ0) is 24.6. The minimum absolute atomic E-state index is 0.101. The van der Waals surface area contributed by atoms with Gasteiger partial charge in [0.25, 0.3) is 5.91 Å². The highest BCUT2D eigenvalue weighted by atomic mass is 19.4. The summed E-state index contributed by atoms with van der Waals surface area (Å²) in [5, 5.41) is 27.8. The number of anilines is 2. The summed E-state index contributed by atoms with van der Waals surface area (Å²) in [5.41, 5.74) is 6.35. The molecule has 2 heterocycles. The predicted molar refractivity (Wildman–Crippen MR) is 105 cm³/mol. The van der Waals surface area contributed by atoms with Gasteiger partial charge < -0.3 is 26.3 Å². The van der Waals surface area contributed by atoms with Gasteiger partial charge in [-0.2, -0.15) is 23.5 Å². The third-order valence-electron chi connectivity index (χ3n) is 5.00. The van der Waals surface area contributed by atoms with E-state index in [4.69, 9.17) is 15.6 Å². The minimum atomic E-state index is -5.19. The Hall–Kier alpha value is -3.66. The third-order valence-corrected chi connectivity index (χ3v) is 5.00. The van der Waals surface area contributed by atoms with Crippen molar-refractivity contribution in [3.05, 3.63) is 41.8 Å². The summed E-state index contributed by atoms with van der Waals surface area (Å²) >= 11 is 0. The van der Waals surface area contributed by atoms with Crippen LogP contribution in [-0.2, 0) is 4.79 Å². The van der Waals surface area contributed by atoms with E-state index in [1.54, 1.807) is 23.0 Å². The number of rotatable bonds is 6. The summed E-state index contributed by atoms with van der Waals surface area (Å²) in [6.07, 6.45) is -1.27. The summed E-state index contributed by atoms with van der Waals surface area (Å²) in [5.74, 6) is -3.31. The first-order chi connectivity index (χ1) is 15.5. The summed E-state index contributed by atoms with van der Waals surface area (Å²) in [7, 11) is 0. The van der Waals surface area contributed by atoms with Crippen LogP contribution in [0.15, 0.2) is 30.5 Å². The molecule has 9 nitrogen and oxygen atoms in total. The smallest absolute Gasteiger partial charge is 0.430 e. The van der Waals surface area contributed by atoms with Crippen LogP contribution in [0, 0.1) is 23.1 Å². The van der Waals surface area contributed by atoms with Gasteiger partial charge in [0.1, 0.15) is 17.3 Å². The number of nitrogens with two attached hydrogens (primary N) is 2. The van der Waals surface area contributed by atoms with Crippen molar-refractivity contribution in [3.63, 3.8) is 0 Å². The largest absolute Gasteiger partial charge is 0.542 e. The van der Waals surface area contributed by atoms with Crippen molar-refractivity contribution in [3.8, 4) is 6.07 Å². The Bertz CT molecular complexity index is 995. The fourth-order valence-corrected chi connectivity index (χ4v) is 3.41. The number of hydrogen-bond donors (Lipinski definition) is 3. The Morgan fingerprint density at radius 1 is 1.30 bits per heavy atom. The number of nitrogens with zero attached hydrogens (tertiary/aromatic N) is 3. The molecule has 13 heteroatoms. The zero-order valence-corrected chi connectivity index (χ0v) is 17.3. The number of nitrogens with one attached hydrogen (secondary N) is 1. The lowest BCUT2D eigenvalue weighted by molar-refractivity contribution is -0.665. The second-order valence-corrected chi connectivity index (χ2v) is 7.29. The van der Waals surface area contributed by atoms with E-state index in [9.17, 15) is 27.6 Å². The Balaban J connectivity index is 0.000000479. The first kappa shape index (κ1) is 25.6. The third kappa shape index (κ3) is 7.46. The molecule has 3 rings (SSSR count). The number of piperidine rings is 1. The SMILES string of the molecule is N#CC[C@@H](C1CC[NH2+]CC1)n1cc(C(N)=O)c(Nc2ccc(F)cc2)n1.O=C([O-])C(F)(F)F. The topological polar surface area (TPSA) is 153 Å². The lowest BCUT2D eigenvalue weighted by Gasteiger charge is -2.27. The van der Waals surface area contributed by atoms with Gasteiger partial charge in [0.2, 0.25) is 0 Å². The molecule has 0 aliphatic carbocycles. The molecule has 0 unspecified atom stereocenters. The van der Waals surface area contributed by atoms with Crippen LogP contribution in [-0.4, -0.2) is 40.9 Å². The van der Waals surface area contributed by atoms with Gasteiger partial charge in [-0.05, 0) is 30.2 Å². The molecule has 1 aromatic carbocycles. The number of carbonyl (C=O) groups is 2. The number of carboxylic acid groups (broad SMARTS) is 1. The molecule has 1 fully saturated rings. The number of carbonyl (C=O) groups excluding carboxylic acids is 2. The van der Waals surface area contributed by atoms with Crippen LogP contribution in [0.3, 0.4) is 0 Å². The second-order valence-electron chi connectivity index (χ2n) is 7.29. The van der Waals surface area contributed by atoms with E-state index < -0.39 is 18.1 Å². The van der Waals surface area contributed by atoms with Gasteiger partial charge >= 0.3 is 6.18 Å². The molecule has 5 N–H and O–H groups in total. The molecule has 33 heavy (non-hydrogen) atoms. The molecule has 1 aromatic heterocycles. The van der Waals surface area contributed by atoms with Crippen molar-refractivity contribution >= 4 is 23.4 Å². The summed E-state index contributed by atoms with van der Waals surface area (Å²) in [6.45, 7) is 2.05. The van der Waals surface area contributed by atoms with Gasteiger partial charge in [-0.3, -0.25) is 9.48 Å². The van der Waals surface area contributed by atoms with Gasteiger partial charge in [0.05, 0.1) is 31.6 Å². The number of carboxylic acids is 1. The standard InChI is InChI=1S/C18H21FN6O.C2HF3O2/c19-13-1-3-14(4-2-13)23-18-15(17(21)26)11-25(24-18)16(5-8-20)12-6-9-22-10-7-12;3-2(4,5)1(6)7/h1-4,11-12,16,22H,5-7,9-10H2,(H2,21,26)(H,23,24);(H,6,7)/t16-;/m0./s1. The molecule has 1 aliphatic rings. The average molecular weight is 470 g/mol. The number of alkyl halides is 3. The monoisotopic (exact) mass is 470 g/mol. The van der Waals surface area contributed by atoms with Crippen LogP contribution in [0.25, 0.3) is 0 Å². The maximum Gasteiger partial charge on any atom is 0.430 e. The molecule has 0 spiro atoms. The van der Waals surface area contributed by atoms with E-state index in [0.29, 0.717) is 23.8 Å². The van der Waals surface area contributed by atoms with Crippen molar-refractivity contribution in [2.75, 3.05) is 18.4 Å². The highest BCUT2D eigenvalue weighted by Crippen LogP contribution is 2.30. The van der Waals surface area contributed by atoms with E-state index in [0.717, 1.165) is 25.9 Å². The van der Waals surface area contributed by atoms with Gasteiger partial charge in [-0.15, -0.1) is 0 Å². The van der Waals surface area contributed by atoms with Crippen LogP contribution in [0.5, 0.6) is 0 Å². The number of halogens is 4. The number of nitriles is 1. The highest BCUT2D eigenvalue weighted by molar-refractivity contribution is 5.98. The van der Waals surface area contributed by atoms with Crippen molar-refractivity contribution in [1.29, 1.82) is 5.26 Å². The molecule has 1 amide bonds. The number of aliphatic carboxylic acids is 1. The van der Waals surface area contributed by atoms with Crippen molar-refractivity contribution in [2.24, 2.45) is 11.7 Å². The lowest BCUT2D eigenvalue weighted by Crippen LogP contribution is -2.86. The Labute approximate surface area is 186 Å². The Morgan fingerprint density at radius 3 is 2.36 bits per heavy atom. The van der Waals surface area contributed by atoms with E-state index in [-0.39, 0.29) is 17.4 Å². The summed E-state index contributed by atoms with van der Waals surface area (Å²) in [4.78, 5) is 20.6. The van der Waals surface area contributed by atoms with Crippen LogP contribution in [0.4, 0.5) is 29.1 Å². The molecule has 1 aliphatic heterocycles. The highest BCUT2D eigenvalue weighted by Gasteiger charge is 2.29. The number of primary amides is 1. The van der Waals surface area contributed by atoms with Gasteiger partial charge in [0, 0.05) is 24.7 Å². The number of aromatic nitrogens is 2. The van der Waals surface area contributed by atoms with Gasteiger partial charge in [-0.1, -0.05) is 0 Å².